The van der Waals surface area contributed by atoms with Gasteiger partial charge in [0.05, 0.1) is 12.4 Å². The second-order valence-electron chi connectivity index (χ2n) is 4.62. The molecule has 1 aliphatic rings. The molecule has 2 N–H and O–H groups in total. The van der Waals surface area contributed by atoms with Crippen LogP contribution in [0.15, 0.2) is 23.7 Å². The lowest BCUT2D eigenvalue weighted by Crippen LogP contribution is -2.47. The van der Waals surface area contributed by atoms with Gasteiger partial charge in [-0.25, -0.2) is 4.98 Å². The lowest BCUT2D eigenvalue weighted by atomic mass is 9.93. The van der Waals surface area contributed by atoms with E-state index in [4.69, 9.17) is 5.73 Å². The second-order valence-corrected chi connectivity index (χ2v) is 4.62. The lowest BCUT2D eigenvalue weighted by Gasteiger charge is -2.38. The summed E-state index contributed by atoms with van der Waals surface area (Å²) >= 11 is 0. The Hall–Kier alpha value is -1.52. The molecular weight excluding hydrogens is 214 g/mol. The minimum atomic E-state index is 0.442. The number of likely N-dealkylation sites (tertiary alicyclic amines) is 1. The zero-order valence-corrected chi connectivity index (χ0v) is 10.6. The fourth-order valence-corrected chi connectivity index (χ4v) is 2.37. The Kier molecular flexibility index (Phi) is 3.66. The Morgan fingerprint density at radius 3 is 3.06 bits per heavy atom. The molecule has 0 amide bonds. The van der Waals surface area contributed by atoms with E-state index in [-0.39, 0.29) is 0 Å². The Balaban J connectivity index is 2.09. The highest BCUT2D eigenvalue weighted by atomic mass is 15.3. The monoisotopic (exact) mass is 235 g/mol. The fourth-order valence-electron chi connectivity index (χ4n) is 2.37. The van der Waals surface area contributed by atoms with Crippen molar-refractivity contribution in [2.45, 2.75) is 26.3 Å². The smallest absolute Gasteiger partial charge is 0.191 e. The molecular formula is C12H21N5. The number of rotatable bonds is 2. The molecule has 94 valence electrons. The zero-order chi connectivity index (χ0) is 12.3. The normalized spacial score (nSPS) is 26.2. The highest BCUT2D eigenvalue weighted by Crippen LogP contribution is 2.27. The maximum atomic E-state index is 5.97. The molecule has 5 nitrogen and oxygen atoms in total. The molecule has 0 spiro atoms. The van der Waals surface area contributed by atoms with Gasteiger partial charge in [0.1, 0.15) is 0 Å². The number of piperidine rings is 1. The first-order valence-corrected chi connectivity index (χ1v) is 6.24. The van der Waals surface area contributed by atoms with Crippen molar-refractivity contribution >= 4 is 5.96 Å². The van der Waals surface area contributed by atoms with Gasteiger partial charge in [0.15, 0.2) is 5.96 Å². The van der Waals surface area contributed by atoms with Crippen LogP contribution in [0.3, 0.4) is 0 Å². The average Bonchev–Trinajstić information content (AvgIpc) is 2.83. The number of guanidine groups is 1. The highest BCUT2D eigenvalue weighted by molar-refractivity contribution is 5.78. The predicted molar refractivity (Wildman–Crippen MR) is 68.8 cm³/mol. The van der Waals surface area contributed by atoms with Crippen LogP contribution in [0, 0.1) is 5.92 Å². The Labute approximate surface area is 102 Å². The van der Waals surface area contributed by atoms with Crippen LogP contribution in [0.25, 0.3) is 0 Å². The van der Waals surface area contributed by atoms with Gasteiger partial charge >= 0.3 is 0 Å². The van der Waals surface area contributed by atoms with E-state index in [0.717, 1.165) is 26.1 Å². The van der Waals surface area contributed by atoms with E-state index in [1.807, 2.05) is 25.6 Å². The van der Waals surface area contributed by atoms with E-state index in [9.17, 15) is 0 Å². The molecule has 0 radical (unpaired) electrons. The summed E-state index contributed by atoms with van der Waals surface area (Å²) in [5.74, 6) is 1.32. The number of nitrogens with two attached hydrogens (primary N) is 1. The minimum absolute atomic E-state index is 0.442. The van der Waals surface area contributed by atoms with Crippen molar-refractivity contribution in [3.63, 3.8) is 0 Å². The van der Waals surface area contributed by atoms with Crippen molar-refractivity contribution in [2.24, 2.45) is 16.6 Å². The molecule has 0 bridgehead atoms. The van der Waals surface area contributed by atoms with Gasteiger partial charge in [0.2, 0.25) is 0 Å². The van der Waals surface area contributed by atoms with Crippen molar-refractivity contribution in [3.05, 3.63) is 18.7 Å². The summed E-state index contributed by atoms with van der Waals surface area (Å²) in [6.07, 6.45) is 6.88. The van der Waals surface area contributed by atoms with Crippen LogP contribution in [-0.4, -0.2) is 40.0 Å². The fraction of sp³-hybridized carbons (Fsp3) is 0.667. The number of aromatic nitrogens is 2. The van der Waals surface area contributed by atoms with Crippen LogP contribution in [0.5, 0.6) is 0 Å². The van der Waals surface area contributed by atoms with Crippen LogP contribution < -0.4 is 5.73 Å². The topological polar surface area (TPSA) is 59.4 Å². The molecule has 5 heteroatoms. The molecule has 1 aromatic rings. The Morgan fingerprint density at radius 1 is 1.59 bits per heavy atom. The molecule has 2 atom stereocenters. The first-order valence-electron chi connectivity index (χ1n) is 6.24. The van der Waals surface area contributed by atoms with E-state index >= 15 is 0 Å². The van der Waals surface area contributed by atoms with E-state index in [1.165, 1.54) is 0 Å². The first kappa shape index (κ1) is 12.0. The molecule has 0 aliphatic carbocycles. The molecule has 2 unspecified atom stereocenters. The standard InChI is InChI=1S/C12H21N5/c1-3-15-12(13)16-6-4-10(2)11(8-16)17-7-5-14-9-17/h5,7,9-11H,3-4,6,8H2,1-2H3,(H2,13,15). The molecule has 1 aliphatic heterocycles. The molecule has 1 fully saturated rings. The van der Waals surface area contributed by atoms with E-state index in [2.05, 4.69) is 26.4 Å². The number of imidazole rings is 1. The third-order valence-corrected chi connectivity index (χ3v) is 3.47. The molecule has 2 rings (SSSR count). The van der Waals surface area contributed by atoms with Crippen molar-refractivity contribution in [1.29, 1.82) is 0 Å². The van der Waals surface area contributed by atoms with Crippen LogP contribution >= 0.6 is 0 Å². The summed E-state index contributed by atoms with van der Waals surface area (Å²) in [5, 5.41) is 0. The van der Waals surface area contributed by atoms with Gasteiger partial charge < -0.3 is 15.2 Å². The number of aliphatic imine (C=N–C) groups is 1. The summed E-state index contributed by atoms with van der Waals surface area (Å²) in [6.45, 7) is 6.96. The highest BCUT2D eigenvalue weighted by Gasteiger charge is 2.27. The third kappa shape index (κ3) is 2.60. The maximum Gasteiger partial charge on any atom is 0.191 e. The quantitative estimate of drug-likeness (QED) is 0.617. The summed E-state index contributed by atoms with van der Waals surface area (Å²) in [4.78, 5) is 10.6. The van der Waals surface area contributed by atoms with Crippen molar-refractivity contribution < 1.29 is 0 Å². The molecule has 2 heterocycles. The number of nitrogens with zero attached hydrogens (tertiary/aromatic N) is 4. The first-order chi connectivity index (χ1) is 8.22. The van der Waals surface area contributed by atoms with Crippen molar-refractivity contribution in [2.75, 3.05) is 19.6 Å². The molecule has 1 aromatic heterocycles. The van der Waals surface area contributed by atoms with E-state index in [0.29, 0.717) is 17.9 Å². The van der Waals surface area contributed by atoms with Gasteiger partial charge in [0.25, 0.3) is 0 Å². The predicted octanol–water partition coefficient (Wildman–Crippen LogP) is 1.10. The molecule has 0 aromatic carbocycles. The summed E-state index contributed by atoms with van der Waals surface area (Å²) in [5.41, 5.74) is 5.97. The molecule has 1 saturated heterocycles. The van der Waals surface area contributed by atoms with Crippen molar-refractivity contribution in [1.82, 2.24) is 14.5 Å². The van der Waals surface area contributed by atoms with Crippen LogP contribution in [-0.2, 0) is 0 Å². The average molecular weight is 235 g/mol. The van der Waals surface area contributed by atoms with Crippen LogP contribution in [0.4, 0.5) is 0 Å². The molecule has 17 heavy (non-hydrogen) atoms. The van der Waals surface area contributed by atoms with E-state index in [1.54, 1.807) is 0 Å². The van der Waals surface area contributed by atoms with Crippen LogP contribution in [0.1, 0.15) is 26.3 Å². The van der Waals surface area contributed by atoms with E-state index < -0.39 is 0 Å². The lowest BCUT2D eigenvalue weighted by molar-refractivity contribution is 0.191. The van der Waals surface area contributed by atoms with Gasteiger partial charge in [-0.3, -0.25) is 4.99 Å². The minimum Gasteiger partial charge on any atom is -0.370 e. The Bertz CT molecular complexity index is 370. The third-order valence-electron chi connectivity index (χ3n) is 3.47. The summed E-state index contributed by atoms with van der Waals surface area (Å²) in [7, 11) is 0. The van der Waals surface area contributed by atoms with Crippen LogP contribution in [0.2, 0.25) is 0 Å². The summed E-state index contributed by atoms with van der Waals surface area (Å²) in [6, 6.07) is 0.442. The van der Waals surface area contributed by atoms with Gasteiger partial charge in [-0.2, -0.15) is 0 Å². The molecule has 0 saturated carbocycles. The zero-order valence-electron chi connectivity index (χ0n) is 10.6. The second kappa shape index (κ2) is 5.21. The van der Waals surface area contributed by atoms with Gasteiger partial charge in [-0.15, -0.1) is 0 Å². The largest absolute Gasteiger partial charge is 0.370 e. The summed E-state index contributed by atoms with van der Waals surface area (Å²) < 4.78 is 2.18. The van der Waals surface area contributed by atoms with Gasteiger partial charge in [-0.05, 0) is 19.3 Å². The number of hydrogen-bond acceptors (Lipinski definition) is 2. The Morgan fingerprint density at radius 2 is 2.41 bits per heavy atom. The maximum absolute atomic E-state index is 5.97. The van der Waals surface area contributed by atoms with Gasteiger partial charge in [-0.1, -0.05) is 6.92 Å². The number of hydrogen-bond donors (Lipinski definition) is 1. The van der Waals surface area contributed by atoms with Crippen molar-refractivity contribution in [3.8, 4) is 0 Å². The van der Waals surface area contributed by atoms with Gasteiger partial charge in [0, 0.05) is 32.0 Å². The SMILES string of the molecule is CCN=C(N)N1CCC(C)C(n2ccnc2)C1.